The van der Waals surface area contributed by atoms with E-state index in [2.05, 4.69) is 4.40 Å². The van der Waals surface area contributed by atoms with Crippen LogP contribution >= 0.6 is 34.3 Å². The van der Waals surface area contributed by atoms with Gasteiger partial charge in [0, 0.05) is 18.7 Å². The Morgan fingerprint density at radius 1 is 1.25 bits per heavy atom. The maximum Gasteiger partial charge on any atom is 0.294 e. The number of hydrogen-bond acceptors (Lipinski definition) is 6. The average Bonchev–Trinajstić information content (AvgIpc) is 3.22. The SMILES string of the molecule is CCn1c(=NS(=O)(=O)c2ccc(Cl)s2)sc2cc3c(cc21)OCO3. The number of nitrogens with zero attached hydrogens (tertiary/aromatic N) is 2. The van der Waals surface area contributed by atoms with Gasteiger partial charge < -0.3 is 14.0 Å². The first-order valence-electron chi connectivity index (χ1n) is 6.97. The first kappa shape index (κ1) is 15.9. The topological polar surface area (TPSA) is 69.9 Å². The molecule has 0 N–H and O–H groups in total. The molecule has 1 aromatic carbocycles. The predicted octanol–water partition coefficient (Wildman–Crippen LogP) is 3.46. The van der Waals surface area contributed by atoms with Crippen molar-refractivity contribution in [2.75, 3.05) is 6.79 Å². The normalized spacial score (nSPS) is 14.7. The van der Waals surface area contributed by atoms with E-state index in [0.717, 1.165) is 21.6 Å². The molecule has 10 heteroatoms. The van der Waals surface area contributed by atoms with Crippen molar-refractivity contribution >= 4 is 54.5 Å². The number of rotatable bonds is 3. The van der Waals surface area contributed by atoms with Gasteiger partial charge in [0.2, 0.25) is 11.6 Å². The summed E-state index contributed by atoms with van der Waals surface area (Å²) in [7, 11) is -3.80. The fourth-order valence-corrected chi connectivity index (χ4v) is 6.19. The second kappa shape index (κ2) is 5.76. The molecule has 0 unspecified atom stereocenters. The molecule has 0 amide bonds. The van der Waals surface area contributed by atoms with E-state index in [4.69, 9.17) is 21.1 Å². The molecule has 126 valence electrons. The zero-order valence-corrected chi connectivity index (χ0v) is 15.6. The van der Waals surface area contributed by atoms with Crippen molar-refractivity contribution in [3.8, 4) is 11.5 Å². The lowest BCUT2D eigenvalue weighted by molar-refractivity contribution is 0.174. The molecule has 4 rings (SSSR count). The third kappa shape index (κ3) is 2.61. The fraction of sp³-hybridized carbons (Fsp3) is 0.214. The fourth-order valence-electron chi connectivity index (χ4n) is 2.42. The van der Waals surface area contributed by atoms with Crippen LogP contribution in [0.4, 0.5) is 0 Å². The van der Waals surface area contributed by atoms with Gasteiger partial charge in [0.1, 0.15) is 4.21 Å². The minimum Gasteiger partial charge on any atom is -0.454 e. The third-order valence-corrected chi connectivity index (χ3v) is 7.62. The Labute approximate surface area is 150 Å². The molecule has 24 heavy (non-hydrogen) atoms. The summed E-state index contributed by atoms with van der Waals surface area (Å²) >= 11 is 8.12. The molecule has 0 aliphatic carbocycles. The van der Waals surface area contributed by atoms with Gasteiger partial charge in [-0.25, -0.2) is 0 Å². The first-order chi connectivity index (χ1) is 11.5. The Bertz CT molecular complexity index is 1110. The van der Waals surface area contributed by atoms with E-state index in [0.29, 0.717) is 27.2 Å². The zero-order valence-electron chi connectivity index (χ0n) is 12.4. The minimum atomic E-state index is -3.80. The highest BCUT2D eigenvalue weighted by molar-refractivity contribution is 7.92. The van der Waals surface area contributed by atoms with E-state index < -0.39 is 10.0 Å². The Balaban J connectivity index is 1.93. The van der Waals surface area contributed by atoms with Crippen molar-refractivity contribution in [2.45, 2.75) is 17.7 Å². The summed E-state index contributed by atoms with van der Waals surface area (Å²) in [6.45, 7) is 2.72. The lowest BCUT2D eigenvalue weighted by Gasteiger charge is -2.01. The highest BCUT2D eigenvalue weighted by Crippen LogP contribution is 2.37. The van der Waals surface area contributed by atoms with Crippen LogP contribution < -0.4 is 14.3 Å². The summed E-state index contributed by atoms with van der Waals surface area (Å²) in [5.41, 5.74) is 0.866. The summed E-state index contributed by atoms with van der Waals surface area (Å²) in [4.78, 5) is 0.403. The zero-order chi connectivity index (χ0) is 16.9. The van der Waals surface area contributed by atoms with Crippen LogP contribution in [0.3, 0.4) is 0 Å². The lowest BCUT2D eigenvalue weighted by Crippen LogP contribution is -2.15. The third-order valence-electron chi connectivity index (χ3n) is 3.49. The first-order valence-corrected chi connectivity index (χ1v) is 10.4. The number of thiophene rings is 1. The lowest BCUT2D eigenvalue weighted by atomic mass is 10.3. The Hall–Kier alpha value is -1.55. The van der Waals surface area contributed by atoms with E-state index in [1.54, 1.807) is 6.07 Å². The van der Waals surface area contributed by atoms with Gasteiger partial charge in [-0.3, -0.25) is 0 Å². The second-order valence-electron chi connectivity index (χ2n) is 4.93. The number of aromatic nitrogens is 1. The monoisotopic (exact) mass is 402 g/mol. The smallest absolute Gasteiger partial charge is 0.294 e. The van der Waals surface area contributed by atoms with Crippen molar-refractivity contribution in [1.82, 2.24) is 4.57 Å². The van der Waals surface area contributed by atoms with Crippen LogP contribution in [0.5, 0.6) is 11.5 Å². The number of sulfonamides is 1. The molecule has 2 aromatic heterocycles. The number of halogens is 1. The van der Waals surface area contributed by atoms with E-state index in [1.807, 2.05) is 23.6 Å². The maximum absolute atomic E-state index is 12.5. The van der Waals surface area contributed by atoms with Gasteiger partial charge >= 0.3 is 0 Å². The number of thiazole rings is 1. The Morgan fingerprint density at radius 3 is 2.67 bits per heavy atom. The standard InChI is InChI=1S/C14H11ClN2O4S3/c1-2-17-8-5-9-10(21-7-20-9)6-11(8)22-14(17)16-24(18,19)13-4-3-12(15)23-13/h3-6H,2,7H2,1H3. The molecule has 0 saturated heterocycles. The quantitative estimate of drug-likeness (QED) is 0.672. The molecule has 1 aliphatic rings. The van der Waals surface area contributed by atoms with Gasteiger partial charge in [-0.1, -0.05) is 22.9 Å². The van der Waals surface area contributed by atoms with Crippen LogP contribution in [-0.2, 0) is 16.6 Å². The summed E-state index contributed by atoms with van der Waals surface area (Å²) < 4.78 is 43.0. The van der Waals surface area contributed by atoms with Crippen LogP contribution in [0.1, 0.15) is 6.92 Å². The van der Waals surface area contributed by atoms with Gasteiger partial charge in [0.15, 0.2) is 11.5 Å². The molecule has 3 aromatic rings. The highest BCUT2D eigenvalue weighted by atomic mass is 35.5. The molecule has 0 radical (unpaired) electrons. The van der Waals surface area contributed by atoms with Crippen molar-refractivity contribution in [3.05, 3.63) is 33.4 Å². The maximum atomic E-state index is 12.5. The number of aryl methyl sites for hydroxylation is 1. The molecule has 0 atom stereocenters. The number of hydrogen-bond donors (Lipinski definition) is 0. The predicted molar refractivity (Wildman–Crippen MR) is 93.7 cm³/mol. The van der Waals surface area contributed by atoms with Gasteiger partial charge in [-0.05, 0) is 19.1 Å². The molecular formula is C14H11ClN2O4S3. The molecule has 3 heterocycles. The molecular weight excluding hydrogens is 392 g/mol. The van der Waals surface area contributed by atoms with Crippen LogP contribution in [0, 0.1) is 0 Å². The summed E-state index contributed by atoms with van der Waals surface area (Å²) in [6, 6.07) is 6.71. The molecule has 0 spiro atoms. The molecule has 0 bridgehead atoms. The molecule has 0 saturated carbocycles. The highest BCUT2D eigenvalue weighted by Gasteiger charge is 2.19. The average molecular weight is 403 g/mol. The summed E-state index contributed by atoms with van der Waals surface area (Å²) in [5.74, 6) is 1.31. The summed E-state index contributed by atoms with van der Waals surface area (Å²) in [5, 5.41) is 0. The summed E-state index contributed by atoms with van der Waals surface area (Å²) in [6.07, 6.45) is 0. The van der Waals surface area contributed by atoms with Crippen LogP contribution in [-0.4, -0.2) is 19.8 Å². The second-order valence-corrected chi connectivity index (χ2v) is 9.48. The van der Waals surface area contributed by atoms with Gasteiger partial charge in [0.05, 0.1) is 14.6 Å². The van der Waals surface area contributed by atoms with Crippen molar-refractivity contribution < 1.29 is 17.9 Å². The molecule has 1 aliphatic heterocycles. The van der Waals surface area contributed by atoms with Gasteiger partial charge in [-0.2, -0.15) is 8.42 Å². The number of ether oxygens (including phenoxy) is 2. The van der Waals surface area contributed by atoms with E-state index in [-0.39, 0.29) is 11.0 Å². The van der Waals surface area contributed by atoms with Crippen molar-refractivity contribution in [2.24, 2.45) is 4.40 Å². The van der Waals surface area contributed by atoms with Crippen LogP contribution in [0.25, 0.3) is 10.2 Å². The van der Waals surface area contributed by atoms with Crippen LogP contribution in [0.2, 0.25) is 4.34 Å². The van der Waals surface area contributed by atoms with E-state index >= 15 is 0 Å². The number of benzene rings is 1. The van der Waals surface area contributed by atoms with Crippen LogP contribution in [0.15, 0.2) is 32.9 Å². The van der Waals surface area contributed by atoms with E-state index in [1.165, 1.54) is 17.4 Å². The van der Waals surface area contributed by atoms with Crippen molar-refractivity contribution in [1.29, 1.82) is 0 Å². The Kier molecular flexibility index (Phi) is 3.83. The largest absolute Gasteiger partial charge is 0.454 e. The van der Waals surface area contributed by atoms with Gasteiger partial charge in [0.25, 0.3) is 10.0 Å². The Morgan fingerprint density at radius 2 is 2.00 bits per heavy atom. The minimum absolute atomic E-state index is 0.127. The number of fused-ring (bicyclic) bond motifs is 2. The van der Waals surface area contributed by atoms with Crippen molar-refractivity contribution in [3.63, 3.8) is 0 Å². The molecule has 6 nitrogen and oxygen atoms in total. The van der Waals surface area contributed by atoms with E-state index in [9.17, 15) is 8.42 Å². The molecule has 0 fully saturated rings. The van der Waals surface area contributed by atoms with Gasteiger partial charge in [-0.15, -0.1) is 15.7 Å².